The van der Waals surface area contributed by atoms with Crippen LogP contribution in [0.4, 0.5) is 0 Å². The zero-order valence-electron chi connectivity index (χ0n) is 35.5. The Hall–Kier alpha value is -7.44. The third kappa shape index (κ3) is 6.65. The number of ether oxygens (including phenoxy) is 2. The summed E-state index contributed by atoms with van der Waals surface area (Å²) in [6.07, 6.45) is 3.20. The molecule has 1 unspecified atom stereocenters. The highest BCUT2D eigenvalue weighted by atomic mass is 16.5. The normalized spacial score (nSPS) is 15.2. The van der Waals surface area contributed by atoms with Crippen LogP contribution in [-0.2, 0) is 0 Å². The molecule has 0 spiro atoms. The molecule has 1 aliphatic carbocycles. The minimum absolute atomic E-state index is 0.218. The smallest absolute Gasteiger partial charge is 0.147 e. The van der Waals surface area contributed by atoms with Gasteiger partial charge in [-0.2, -0.15) is 0 Å². The van der Waals surface area contributed by atoms with E-state index in [-0.39, 0.29) is 11.5 Å². The molecule has 2 N–H and O–H groups in total. The molecular weight excluding hydrogens is 777 g/mol. The summed E-state index contributed by atoms with van der Waals surface area (Å²) in [7, 11) is 0. The van der Waals surface area contributed by atoms with Gasteiger partial charge in [0.25, 0.3) is 0 Å². The molecule has 1 saturated carbocycles. The number of para-hydroxylation sites is 6. The molecule has 310 valence electrons. The molecule has 8 aromatic carbocycles. The van der Waals surface area contributed by atoms with Gasteiger partial charge >= 0.3 is 0 Å². The van der Waals surface area contributed by atoms with Gasteiger partial charge in [0.05, 0.1) is 46.7 Å². The zero-order valence-corrected chi connectivity index (χ0v) is 35.5. The summed E-state index contributed by atoms with van der Waals surface area (Å²) >= 11 is 0. The molecule has 63 heavy (non-hydrogen) atoms. The lowest BCUT2D eigenvalue weighted by molar-refractivity contribution is 0.164. The summed E-state index contributed by atoms with van der Waals surface area (Å²) in [4.78, 5) is 0. The molecule has 1 fully saturated rings. The van der Waals surface area contributed by atoms with Crippen LogP contribution >= 0.6 is 0 Å². The number of aryl methyl sites for hydroxylation is 2. The van der Waals surface area contributed by atoms with Crippen LogP contribution in [0, 0.1) is 25.7 Å². The molecule has 0 saturated heterocycles. The summed E-state index contributed by atoms with van der Waals surface area (Å²) in [5, 5.41) is 28.9. The van der Waals surface area contributed by atoms with Crippen LogP contribution < -0.4 is 9.47 Å². The van der Waals surface area contributed by atoms with Crippen molar-refractivity contribution in [2.75, 3.05) is 13.2 Å². The molecule has 0 bridgehead atoms. The predicted molar refractivity (Wildman–Crippen MR) is 257 cm³/mol. The number of phenols is 2. The van der Waals surface area contributed by atoms with E-state index in [2.05, 4.69) is 120 Å². The monoisotopic (exact) mass is 824 g/mol. The van der Waals surface area contributed by atoms with Crippen LogP contribution in [0.2, 0.25) is 0 Å². The number of phenolic OH excluding ortho intramolecular Hbond substituents is 2. The fourth-order valence-electron chi connectivity index (χ4n) is 10.2. The zero-order chi connectivity index (χ0) is 42.6. The van der Waals surface area contributed by atoms with E-state index in [1.165, 1.54) is 0 Å². The number of rotatable bonds is 10. The van der Waals surface area contributed by atoms with Crippen LogP contribution in [0.3, 0.4) is 0 Å². The molecule has 6 nitrogen and oxygen atoms in total. The van der Waals surface area contributed by atoms with E-state index < -0.39 is 0 Å². The van der Waals surface area contributed by atoms with Gasteiger partial charge in [-0.25, -0.2) is 0 Å². The van der Waals surface area contributed by atoms with Crippen LogP contribution in [0.25, 0.3) is 77.2 Å². The van der Waals surface area contributed by atoms with E-state index in [9.17, 15) is 10.2 Å². The van der Waals surface area contributed by atoms with E-state index in [4.69, 9.17) is 9.47 Å². The first-order valence-electron chi connectivity index (χ1n) is 22.0. The van der Waals surface area contributed by atoms with Gasteiger partial charge < -0.3 is 28.8 Å². The molecule has 6 heteroatoms. The van der Waals surface area contributed by atoms with Crippen molar-refractivity contribution in [3.05, 3.63) is 181 Å². The SMILES string of the molecule is Cc1cc(-c2ccccc2OCC2CCC[C@@H]2COc2ccccc2-c2cc(C)cc(-n3c4ccccc4c4ccccc43)c2O)c(O)c(-n2c3ccccc3c3ccccc32)c1. The number of hydrogen-bond acceptors (Lipinski definition) is 4. The van der Waals surface area contributed by atoms with Gasteiger partial charge in [-0.1, -0.05) is 116 Å². The van der Waals surface area contributed by atoms with Gasteiger partial charge in [0, 0.05) is 43.8 Å². The number of benzene rings is 8. The Bertz CT molecular complexity index is 3030. The summed E-state index contributed by atoms with van der Waals surface area (Å²) < 4.78 is 17.8. The maximum Gasteiger partial charge on any atom is 0.147 e. The van der Waals surface area contributed by atoms with E-state index in [0.29, 0.717) is 25.0 Å². The molecule has 2 heterocycles. The maximum atomic E-state index is 12.2. The number of fused-ring (bicyclic) bond motifs is 6. The van der Waals surface area contributed by atoms with Gasteiger partial charge in [-0.05, 0) is 110 Å². The van der Waals surface area contributed by atoms with Crippen molar-refractivity contribution < 1.29 is 19.7 Å². The molecule has 10 aromatic rings. The minimum atomic E-state index is 0.218. The Morgan fingerprint density at radius 1 is 0.429 bits per heavy atom. The fourth-order valence-corrected chi connectivity index (χ4v) is 10.2. The second-order valence-electron chi connectivity index (χ2n) is 17.2. The molecule has 2 atom stereocenters. The van der Waals surface area contributed by atoms with Gasteiger partial charge in [0.15, 0.2) is 0 Å². The van der Waals surface area contributed by atoms with Gasteiger partial charge in [0.2, 0.25) is 0 Å². The van der Waals surface area contributed by atoms with Crippen LogP contribution in [-0.4, -0.2) is 32.6 Å². The van der Waals surface area contributed by atoms with Gasteiger partial charge in [0.1, 0.15) is 23.0 Å². The number of aromatic hydroxyl groups is 2. The molecule has 1 aliphatic rings. The molecular formula is C57H48N2O4. The number of nitrogens with zero attached hydrogens (tertiary/aromatic N) is 2. The Labute approximate surface area is 366 Å². The minimum Gasteiger partial charge on any atom is -0.505 e. The highest BCUT2D eigenvalue weighted by molar-refractivity contribution is 6.10. The second kappa shape index (κ2) is 15.8. The molecule has 11 rings (SSSR count). The quantitative estimate of drug-likeness (QED) is 0.144. The Morgan fingerprint density at radius 2 is 0.762 bits per heavy atom. The van der Waals surface area contributed by atoms with Gasteiger partial charge in [-0.3, -0.25) is 0 Å². The average molecular weight is 825 g/mol. The van der Waals surface area contributed by atoms with Crippen LogP contribution in [0.5, 0.6) is 23.0 Å². The molecule has 0 radical (unpaired) electrons. The third-order valence-corrected chi connectivity index (χ3v) is 13.2. The lowest BCUT2D eigenvalue weighted by Crippen LogP contribution is -2.22. The Balaban J connectivity index is 0.859. The molecule has 0 amide bonds. The van der Waals surface area contributed by atoms with E-state index in [1.807, 2.05) is 72.8 Å². The van der Waals surface area contributed by atoms with Crippen LogP contribution in [0.15, 0.2) is 170 Å². The average Bonchev–Trinajstić information content (AvgIpc) is 4.01. The first-order valence-corrected chi connectivity index (χ1v) is 22.0. The van der Waals surface area contributed by atoms with Crippen molar-refractivity contribution in [1.82, 2.24) is 9.13 Å². The Kier molecular flexibility index (Phi) is 9.64. The van der Waals surface area contributed by atoms with Crippen molar-refractivity contribution in [2.45, 2.75) is 33.1 Å². The standard InChI is InChI=1S/C57H48N2O4/c1-36-30-46(56(60)52(32-36)58-48-24-9-3-18-40(48)41-19-4-10-25-49(41)58)44-22-7-13-28-54(44)62-34-38-16-15-17-39(38)35-63-55-29-14-8-23-45(55)47-31-37(2)33-53(57(47)61)59-50-26-11-5-20-42(50)43-21-6-12-27-51(43)59/h3-14,18-33,38-39,60-61H,15-17,34-35H2,1-2H3/t38-,39?/m1/s1. The van der Waals surface area contributed by atoms with Crippen molar-refractivity contribution in [3.8, 4) is 56.6 Å². The lowest BCUT2D eigenvalue weighted by Gasteiger charge is -2.23. The fraction of sp³-hybridized carbons (Fsp3) is 0.158. The summed E-state index contributed by atoms with van der Waals surface area (Å²) in [5.41, 5.74) is 11.0. The van der Waals surface area contributed by atoms with E-state index in [0.717, 1.165) is 119 Å². The van der Waals surface area contributed by atoms with Crippen molar-refractivity contribution in [3.63, 3.8) is 0 Å². The first-order chi connectivity index (χ1) is 30.9. The molecule has 2 aromatic heterocycles. The van der Waals surface area contributed by atoms with Crippen molar-refractivity contribution in [1.29, 1.82) is 0 Å². The van der Waals surface area contributed by atoms with E-state index >= 15 is 0 Å². The Morgan fingerprint density at radius 3 is 1.14 bits per heavy atom. The molecule has 0 aliphatic heterocycles. The van der Waals surface area contributed by atoms with E-state index in [1.54, 1.807) is 0 Å². The van der Waals surface area contributed by atoms with Crippen LogP contribution in [0.1, 0.15) is 30.4 Å². The highest BCUT2D eigenvalue weighted by Gasteiger charge is 2.30. The summed E-state index contributed by atoms with van der Waals surface area (Å²) in [6.45, 7) is 5.24. The third-order valence-electron chi connectivity index (χ3n) is 13.2. The first kappa shape index (κ1) is 38.5. The topological polar surface area (TPSA) is 68.8 Å². The maximum absolute atomic E-state index is 12.2. The van der Waals surface area contributed by atoms with Crippen molar-refractivity contribution in [2.24, 2.45) is 11.8 Å². The lowest BCUT2D eigenvalue weighted by atomic mass is 9.97. The number of hydrogen-bond donors (Lipinski definition) is 2. The summed E-state index contributed by atoms with van der Waals surface area (Å²) in [5.74, 6) is 2.51. The number of aromatic nitrogens is 2. The predicted octanol–water partition coefficient (Wildman–Crippen LogP) is 14.1. The second-order valence-corrected chi connectivity index (χ2v) is 17.2. The van der Waals surface area contributed by atoms with Gasteiger partial charge in [-0.15, -0.1) is 0 Å². The van der Waals surface area contributed by atoms with Crippen molar-refractivity contribution >= 4 is 43.6 Å². The largest absolute Gasteiger partial charge is 0.505 e. The highest BCUT2D eigenvalue weighted by Crippen LogP contribution is 2.46. The summed E-state index contributed by atoms with van der Waals surface area (Å²) in [6, 6.07) is 57.8.